The Balaban J connectivity index is 1.82. The Labute approximate surface area is 138 Å². The van der Waals surface area contributed by atoms with E-state index in [0.717, 1.165) is 43.0 Å². The number of methoxy groups -OCH3 is 1. The minimum atomic E-state index is 0.305. The highest BCUT2D eigenvalue weighted by Gasteiger charge is 2.05. The highest BCUT2D eigenvalue weighted by Crippen LogP contribution is 2.28. The molecule has 0 amide bonds. The lowest BCUT2D eigenvalue weighted by atomic mass is 10.1. The van der Waals surface area contributed by atoms with Crippen molar-refractivity contribution < 1.29 is 14.6 Å². The third kappa shape index (κ3) is 5.49. The number of phenols is 1. The van der Waals surface area contributed by atoms with E-state index in [1.165, 1.54) is 5.56 Å². The van der Waals surface area contributed by atoms with Crippen molar-refractivity contribution >= 4 is 0 Å². The number of ether oxygens (including phenoxy) is 2. The monoisotopic (exact) mass is 315 g/mol. The summed E-state index contributed by atoms with van der Waals surface area (Å²) in [7, 11) is 1.66. The topological polar surface area (TPSA) is 50.7 Å². The van der Waals surface area contributed by atoms with Crippen LogP contribution in [-0.4, -0.2) is 25.4 Å². The second-order valence-corrected chi connectivity index (χ2v) is 5.43. The molecule has 2 N–H and O–H groups in total. The number of phenolic OH excluding ortho intramolecular Hbond substituents is 1. The van der Waals surface area contributed by atoms with E-state index in [-0.39, 0.29) is 0 Å². The fourth-order valence-corrected chi connectivity index (χ4v) is 2.28. The first-order valence-corrected chi connectivity index (χ1v) is 8.01. The van der Waals surface area contributed by atoms with Crippen LogP contribution in [0.4, 0.5) is 0 Å². The molecule has 0 saturated heterocycles. The van der Waals surface area contributed by atoms with Crippen LogP contribution in [0.1, 0.15) is 24.5 Å². The fourth-order valence-electron chi connectivity index (χ4n) is 2.28. The van der Waals surface area contributed by atoms with Gasteiger partial charge in [0.1, 0.15) is 5.75 Å². The van der Waals surface area contributed by atoms with Crippen LogP contribution in [0.2, 0.25) is 0 Å². The molecule has 2 aromatic rings. The summed E-state index contributed by atoms with van der Waals surface area (Å²) in [6, 6.07) is 13.4. The van der Waals surface area contributed by atoms with Crippen molar-refractivity contribution in [3.05, 3.63) is 53.6 Å². The number of hydrogen-bond acceptors (Lipinski definition) is 4. The molecule has 4 nitrogen and oxygen atoms in total. The normalized spacial score (nSPS) is 10.5. The molecule has 2 aromatic carbocycles. The molecule has 124 valence electrons. The van der Waals surface area contributed by atoms with E-state index in [1.807, 2.05) is 24.3 Å². The Hall–Kier alpha value is -2.20. The summed E-state index contributed by atoms with van der Waals surface area (Å²) >= 11 is 0. The van der Waals surface area contributed by atoms with Gasteiger partial charge < -0.3 is 19.9 Å². The van der Waals surface area contributed by atoms with Crippen LogP contribution in [0.3, 0.4) is 0 Å². The van der Waals surface area contributed by atoms with Crippen LogP contribution < -0.4 is 14.8 Å². The zero-order valence-electron chi connectivity index (χ0n) is 13.8. The van der Waals surface area contributed by atoms with Crippen molar-refractivity contribution in [2.24, 2.45) is 0 Å². The molecule has 0 atom stereocenters. The summed E-state index contributed by atoms with van der Waals surface area (Å²) in [5.41, 5.74) is 2.37. The molecule has 4 heteroatoms. The van der Waals surface area contributed by atoms with Gasteiger partial charge in [0.15, 0.2) is 11.5 Å². The van der Waals surface area contributed by atoms with Crippen molar-refractivity contribution in [2.75, 3.05) is 20.3 Å². The smallest absolute Gasteiger partial charge is 0.161 e. The second kappa shape index (κ2) is 9.06. The molecule has 0 spiro atoms. The van der Waals surface area contributed by atoms with Gasteiger partial charge in [0, 0.05) is 6.54 Å². The third-order valence-corrected chi connectivity index (χ3v) is 3.55. The predicted molar refractivity (Wildman–Crippen MR) is 92.3 cm³/mol. The number of nitrogens with one attached hydrogen (secondary N) is 1. The molecule has 0 saturated carbocycles. The quantitative estimate of drug-likeness (QED) is 0.695. The van der Waals surface area contributed by atoms with Crippen molar-refractivity contribution in [3.8, 4) is 17.2 Å². The van der Waals surface area contributed by atoms with Crippen LogP contribution in [0.15, 0.2) is 42.5 Å². The molecule has 0 aliphatic rings. The fraction of sp³-hybridized carbons (Fsp3) is 0.368. The molecule has 0 fully saturated rings. The summed E-state index contributed by atoms with van der Waals surface area (Å²) in [4.78, 5) is 0. The predicted octanol–water partition coefficient (Wildman–Crippen LogP) is 3.52. The lowest BCUT2D eigenvalue weighted by Gasteiger charge is -2.12. The van der Waals surface area contributed by atoms with Gasteiger partial charge in [0.2, 0.25) is 0 Å². The Bertz CT molecular complexity index is 596. The van der Waals surface area contributed by atoms with E-state index in [0.29, 0.717) is 12.4 Å². The maximum atomic E-state index is 9.26. The summed E-state index contributed by atoms with van der Waals surface area (Å²) < 4.78 is 11.1. The second-order valence-electron chi connectivity index (χ2n) is 5.43. The van der Waals surface area contributed by atoms with Crippen LogP contribution >= 0.6 is 0 Å². The number of aromatic hydroxyl groups is 1. The van der Waals surface area contributed by atoms with Gasteiger partial charge in [-0.3, -0.25) is 0 Å². The van der Waals surface area contributed by atoms with Crippen LogP contribution in [0.25, 0.3) is 0 Å². The van der Waals surface area contributed by atoms with Crippen LogP contribution in [0, 0.1) is 0 Å². The maximum absolute atomic E-state index is 9.26. The maximum Gasteiger partial charge on any atom is 0.161 e. The van der Waals surface area contributed by atoms with Gasteiger partial charge in [-0.05, 0) is 54.8 Å². The summed E-state index contributed by atoms with van der Waals surface area (Å²) in [5, 5.41) is 12.7. The van der Waals surface area contributed by atoms with Gasteiger partial charge >= 0.3 is 0 Å². The van der Waals surface area contributed by atoms with E-state index in [4.69, 9.17) is 9.47 Å². The Morgan fingerprint density at radius 3 is 2.43 bits per heavy atom. The van der Waals surface area contributed by atoms with Gasteiger partial charge in [0.25, 0.3) is 0 Å². The first kappa shape index (κ1) is 17.2. The molecule has 0 heterocycles. The van der Waals surface area contributed by atoms with E-state index in [9.17, 15) is 5.11 Å². The standard InChI is InChI=1S/C19H25NO3/c1-3-12-23-18-9-6-16(13-19(18)22-2)14-20-11-10-15-4-7-17(21)8-5-15/h4-9,13,20-21H,3,10-12,14H2,1-2H3. The largest absolute Gasteiger partial charge is 0.508 e. The number of hydrogen-bond donors (Lipinski definition) is 2. The minimum absolute atomic E-state index is 0.305. The summed E-state index contributed by atoms with van der Waals surface area (Å²) in [6.45, 7) is 4.43. The van der Waals surface area contributed by atoms with Gasteiger partial charge in [-0.25, -0.2) is 0 Å². The van der Waals surface area contributed by atoms with Crippen molar-refractivity contribution in [3.63, 3.8) is 0 Å². The van der Waals surface area contributed by atoms with Crippen molar-refractivity contribution in [1.29, 1.82) is 0 Å². The molecular formula is C19H25NO3. The van der Waals surface area contributed by atoms with Gasteiger partial charge in [-0.1, -0.05) is 25.1 Å². The Kier molecular flexibility index (Phi) is 6.76. The SMILES string of the molecule is CCCOc1ccc(CNCCc2ccc(O)cc2)cc1OC. The summed E-state index contributed by atoms with van der Waals surface area (Å²) in [5.74, 6) is 1.87. The molecule has 2 rings (SSSR count). The van der Waals surface area contributed by atoms with Gasteiger partial charge in [-0.15, -0.1) is 0 Å². The van der Waals surface area contributed by atoms with E-state index in [1.54, 1.807) is 19.2 Å². The van der Waals surface area contributed by atoms with Crippen LogP contribution in [-0.2, 0) is 13.0 Å². The average Bonchev–Trinajstić information content (AvgIpc) is 2.58. The first-order chi connectivity index (χ1) is 11.2. The molecule has 0 unspecified atom stereocenters. The third-order valence-electron chi connectivity index (χ3n) is 3.55. The zero-order valence-corrected chi connectivity index (χ0v) is 13.8. The van der Waals surface area contributed by atoms with E-state index < -0.39 is 0 Å². The van der Waals surface area contributed by atoms with Crippen LogP contribution in [0.5, 0.6) is 17.2 Å². The molecule has 0 aliphatic carbocycles. The highest BCUT2D eigenvalue weighted by molar-refractivity contribution is 5.43. The molecule has 0 aromatic heterocycles. The molecule has 0 bridgehead atoms. The lowest BCUT2D eigenvalue weighted by molar-refractivity contribution is 0.294. The van der Waals surface area contributed by atoms with Crippen molar-refractivity contribution in [1.82, 2.24) is 5.32 Å². The first-order valence-electron chi connectivity index (χ1n) is 8.01. The van der Waals surface area contributed by atoms with E-state index >= 15 is 0 Å². The van der Waals surface area contributed by atoms with Gasteiger partial charge in [0.05, 0.1) is 13.7 Å². The summed E-state index contributed by atoms with van der Waals surface area (Å²) in [6.07, 6.45) is 1.90. The highest BCUT2D eigenvalue weighted by atomic mass is 16.5. The molecular weight excluding hydrogens is 290 g/mol. The van der Waals surface area contributed by atoms with Gasteiger partial charge in [-0.2, -0.15) is 0 Å². The van der Waals surface area contributed by atoms with E-state index in [2.05, 4.69) is 18.3 Å². The zero-order chi connectivity index (χ0) is 16.5. The number of benzene rings is 2. The Morgan fingerprint density at radius 1 is 1.00 bits per heavy atom. The lowest BCUT2D eigenvalue weighted by Crippen LogP contribution is -2.16. The van der Waals surface area contributed by atoms with Crippen molar-refractivity contribution in [2.45, 2.75) is 26.3 Å². The minimum Gasteiger partial charge on any atom is -0.508 e. The number of rotatable bonds is 9. The molecule has 0 aliphatic heterocycles. The molecule has 0 radical (unpaired) electrons. The average molecular weight is 315 g/mol. The molecule has 23 heavy (non-hydrogen) atoms. The Morgan fingerprint density at radius 2 is 1.74 bits per heavy atom.